The zero-order valence-electron chi connectivity index (χ0n) is 17.1. The van der Waals surface area contributed by atoms with Crippen molar-refractivity contribution in [2.75, 3.05) is 0 Å². The Kier molecular flexibility index (Phi) is 6.99. The molecule has 1 atom stereocenters. The minimum absolute atomic E-state index is 0.0257. The number of alkyl carbamates (subject to hydrolysis) is 1. The van der Waals surface area contributed by atoms with Crippen LogP contribution in [0.2, 0.25) is 0 Å². The van der Waals surface area contributed by atoms with Crippen LogP contribution in [0.15, 0.2) is 33.9 Å². The predicted molar refractivity (Wildman–Crippen MR) is 103 cm³/mol. The van der Waals surface area contributed by atoms with E-state index in [4.69, 9.17) is 9.15 Å². The summed E-state index contributed by atoms with van der Waals surface area (Å²) in [4.78, 5) is 12.1. The third-order valence-corrected chi connectivity index (χ3v) is 5.06. The molecule has 1 aromatic carbocycles. The van der Waals surface area contributed by atoms with E-state index in [0.29, 0.717) is 12.0 Å². The summed E-state index contributed by atoms with van der Waals surface area (Å²) in [7, 11) is -3.93. The Morgan fingerprint density at radius 1 is 1.21 bits per heavy atom. The molecule has 0 bridgehead atoms. The van der Waals surface area contributed by atoms with E-state index in [0.717, 1.165) is 0 Å². The van der Waals surface area contributed by atoms with E-state index < -0.39 is 44.4 Å². The van der Waals surface area contributed by atoms with E-state index in [1.807, 2.05) is 13.8 Å². The molecule has 2 aromatic rings. The molecule has 1 amide bonds. The highest BCUT2D eigenvalue weighted by molar-refractivity contribution is 7.90. The average Bonchev–Trinajstić information content (AvgIpc) is 3.05. The Labute approximate surface area is 169 Å². The highest BCUT2D eigenvalue weighted by Gasteiger charge is 2.29. The van der Waals surface area contributed by atoms with E-state index in [1.54, 1.807) is 20.8 Å². The van der Waals surface area contributed by atoms with Crippen molar-refractivity contribution >= 4 is 15.9 Å². The summed E-state index contributed by atoms with van der Waals surface area (Å²) in [5, 5.41) is 9.55. The number of hydrogen-bond acceptors (Lipinski definition) is 7. The molecule has 10 heteroatoms. The molecule has 0 fully saturated rings. The van der Waals surface area contributed by atoms with Crippen LogP contribution in [0.4, 0.5) is 9.18 Å². The SMILES string of the molecule is CC(C)C[C@H](NC(=O)OC(C)(C)C)c1nnc(S(=O)(=O)Cc2ccc(F)cc2)o1. The summed E-state index contributed by atoms with van der Waals surface area (Å²) in [6.07, 6.45) is -0.226. The molecule has 160 valence electrons. The molecule has 0 aliphatic rings. The van der Waals surface area contributed by atoms with E-state index >= 15 is 0 Å². The van der Waals surface area contributed by atoms with E-state index in [9.17, 15) is 17.6 Å². The highest BCUT2D eigenvalue weighted by atomic mass is 32.2. The van der Waals surface area contributed by atoms with Gasteiger partial charge in [0.1, 0.15) is 17.5 Å². The van der Waals surface area contributed by atoms with Gasteiger partial charge in [-0.25, -0.2) is 17.6 Å². The molecule has 1 N–H and O–H groups in total. The number of rotatable bonds is 7. The summed E-state index contributed by atoms with van der Waals surface area (Å²) in [5.41, 5.74) is -0.304. The fourth-order valence-corrected chi connectivity index (χ4v) is 3.62. The van der Waals surface area contributed by atoms with Gasteiger partial charge in [0.15, 0.2) is 0 Å². The second-order valence-corrected chi connectivity index (χ2v) is 9.99. The maximum Gasteiger partial charge on any atom is 0.408 e. The lowest BCUT2D eigenvalue weighted by atomic mass is 10.0. The number of aromatic nitrogens is 2. The topological polar surface area (TPSA) is 111 Å². The molecular formula is C19H26FN3O5S. The molecule has 1 aromatic heterocycles. The van der Waals surface area contributed by atoms with Gasteiger partial charge in [0.25, 0.3) is 0 Å². The van der Waals surface area contributed by atoms with Crippen LogP contribution in [0, 0.1) is 11.7 Å². The van der Waals surface area contributed by atoms with Gasteiger partial charge in [0.05, 0.1) is 5.75 Å². The van der Waals surface area contributed by atoms with Gasteiger partial charge in [-0.1, -0.05) is 31.1 Å². The molecule has 8 nitrogen and oxygen atoms in total. The zero-order valence-corrected chi connectivity index (χ0v) is 17.9. The van der Waals surface area contributed by atoms with Crippen molar-refractivity contribution in [3.8, 4) is 0 Å². The van der Waals surface area contributed by atoms with Crippen LogP contribution in [0.3, 0.4) is 0 Å². The van der Waals surface area contributed by atoms with Crippen LogP contribution < -0.4 is 5.32 Å². The Morgan fingerprint density at radius 2 is 1.83 bits per heavy atom. The van der Waals surface area contributed by atoms with Crippen molar-refractivity contribution in [3.05, 3.63) is 41.5 Å². The van der Waals surface area contributed by atoms with Crippen molar-refractivity contribution in [3.63, 3.8) is 0 Å². The number of nitrogens with zero attached hydrogens (tertiary/aromatic N) is 2. The second kappa shape index (κ2) is 8.89. The largest absolute Gasteiger partial charge is 0.444 e. The Hall–Kier alpha value is -2.49. The van der Waals surface area contributed by atoms with Gasteiger partial charge >= 0.3 is 11.3 Å². The van der Waals surface area contributed by atoms with Crippen molar-refractivity contribution < 1.29 is 26.8 Å². The lowest BCUT2D eigenvalue weighted by molar-refractivity contribution is 0.0487. The number of halogens is 1. The first-order valence-corrected chi connectivity index (χ1v) is 10.8. The van der Waals surface area contributed by atoms with Crippen LogP contribution >= 0.6 is 0 Å². The molecule has 0 spiro atoms. The molecule has 0 unspecified atom stereocenters. The Bertz CT molecular complexity index is 933. The van der Waals surface area contributed by atoms with Crippen LogP contribution in [0.25, 0.3) is 0 Å². The summed E-state index contributed by atoms with van der Waals surface area (Å²) in [5.74, 6) is -0.747. The minimum atomic E-state index is -3.93. The van der Waals surface area contributed by atoms with Gasteiger partial charge in [0.2, 0.25) is 15.7 Å². The van der Waals surface area contributed by atoms with Crippen molar-refractivity contribution in [1.82, 2.24) is 15.5 Å². The van der Waals surface area contributed by atoms with Gasteiger partial charge in [0, 0.05) is 0 Å². The average molecular weight is 427 g/mol. The normalized spacial score (nSPS) is 13.3. The molecule has 0 saturated heterocycles. The zero-order chi connectivity index (χ0) is 21.8. The summed E-state index contributed by atoms with van der Waals surface area (Å²) in [6, 6.07) is 4.39. The lowest BCUT2D eigenvalue weighted by Crippen LogP contribution is -2.35. The molecule has 2 rings (SSSR count). The smallest absolute Gasteiger partial charge is 0.408 e. The first-order valence-electron chi connectivity index (χ1n) is 9.16. The Morgan fingerprint density at radius 3 is 2.38 bits per heavy atom. The molecule has 0 aliphatic heterocycles. The number of hydrogen-bond donors (Lipinski definition) is 1. The summed E-state index contributed by atoms with van der Waals surface area (Å²) < 4.78 is 48.7. The fourth-order valence-electron chi connectivity index (χ4n) is 2.49. The first-order chi connectivity index (χ1) is 13.4. The van der Waals surface area contributed by atoms with E-state index in [1.165, 1.54) is 24.3 Å². The van der Waals surface area contributed by atoms with Crippen LogP contribution in [0.1, 0.15) is 58.5 Å². The highest BCUT2D eigenvalue weighted by Crippen LogP contribution is 2.24. The number of ether oxygens (including phenoxy) is 1. The monoisotopic (exact) mass is 427 g/mol. The first kappa shape index (κ1) is 22.8. The number of nitrogens with one attached hydrogen (secondary N) is 1. The number of amides is 1. The fraction of sp³-hybridized carbons (Fsp3) is 0.526. The summed E-state index contributed by atoms with van der Waals surface area (Å²) >= 11 is 0. The van der Waals surface area contributed by atoms with Crippen LogP contribution in [-0.2, 0) is 20.3 Å². The third-order valence-electron chi connectivity index (χ3n) is 3.65. The Balaban J connectivity index is 2.20. The molecule has 0 saturated carbocycles. The number of carbonyl (C=O) groups excluding carboxylic acids is 1. The molecule has 1 heterocycles. The van der Waals surface area contributed by atoms with Gasteiger partial charge < -0.3 is 14.5 Å². The van der Waals surface area contributed by atoms with Gasteiger partial charge in [-0.05, 0) is 50.8 Å². The van der Waals surface area contributed by atoms with Crippen molar-refractivity contribution in [1.29, 1.82) is 0 Å². The van der Waals surface area contributed by atoms with Gasteiger partial charge in [-0.15, -0.1) is 5.10 Å². The quantitative estimate of drug-likeness (QED) is 0.715. The number of sulfone groups is 1. The molecule has 0 radical (unpaired) electrons. The van der Waals surface area contributed by atoms with Crippen LogP contribution in [-0.4, -0.2) is 30.3 Å². The molecular weight excluding hydrogens is 401 g/mol. The summed E-state index contributed by atoms with van der Waals surface area (Å²) in [6.45, 7) is 9.07. The van der Waals surface area contributed by atoms with E-state index in [-0.39, 0.29) is 11.8 Å². The molecule has 29 heavy (non-hydrogen) atoms. The third kappa shape index (κ3) is 7.12. The van der Waals surface area contributed by atoms with Crippen molar-refractivity contribution in [2.45, 2.75) is 63.7 Å². The van der Waals surface area contributed by atoms with Gasteiger partial charge in [-0.2, -0.15) is 0 Å². The number of carbonyl (C=O) groups is 1. The van der Waals surface area contributed by atoms with E-state index in [2.05, 4.69) is 15.5 Å². The lowest BCUT2D eigenvalue weighted by Gasteiger charge is -2.22. The maximum atomic E-state index is 13.0. The van der Waals surface area contributed by atoms with Crippen molar-refractivity contribution in [2.24, 2.45) is 5.92 Å². The van der Waals surface area contributed by atoms with Crippen LogP contribution in [0.5, 0.6) is 0 Å². The molecule has 0 aliphatic carbocycles. The number of benzene rings is 1. The van der Waals surface area contributed by atoms with Gasteiger partial charge in [-0.3, -0.25) is 0 Å². The minimum Gasteiger partial charge on any atom is -0.444 e. The predicted octanol–water partition coefficient (Wildman–Crippen LogP) is 3.79. The standard InChI is InChI=1S/C19H26FN3O5S/c1-12(2)10-15(21-17(24)28-19(3,4)5)16-22-23-18(27-16)29(25,26)11-13-6-8-14(20)9-7-13/h6-9,12,15H,10-11H2,1-5H3,(H,21,24)/t15-/m0/s1. The second-order valence-electron chi connectivity index (χ2n) is 8.12. The maximum absolute atomic E-state index is 13.0.